The lowest BCUT2D eigenvalue weighted by Crippen LogP contribution is -1.84. The highest BCUT2D eigenvalue weighted by molar-refractivity contribution is 5.65. The van der Waals surface area contributed by atoms with Crippen LogP contribution in [0, 0.1) is 11.3 Å². The highest BCUT2D eigenvalue weighted by Gasteiger charge is 2.15. The van der Waals surface area contributed by atoms with Crippen molar-refractivity contribution in [1.82, 2.24) is 0 Å². The van der Waals surface area contributed by atoms with Crippen LogP contribution in [0.2, 0.25) is 0 Å². The van der Waals surface area contributed by atoms with Crippen molar-refractivity contribution in [3.05, 3.63) is 41.6 Å². The van der Waals surface area contributed by atoms with Crippen LogP contribution < -0.4 is 0 Å². The summed E-state index contributed by atoms with van der Waals surface area (Å²) in [5.41, 5.74) is 2.21. The first-order valence-electron chi connectivity index (χ1n) is 4.03. The predicted molar refractivity (Wildman–Crippen MR) is 51.4 cm³/mol. The summed E-state index contributed by atoms with van der Waals surface area (Å²) in [6, 6.07) is 9.28. The van der Waals surface area contributed by atoms with Crippen LogP contribution in [0.4, 0.5) is 0 Å². The fraction of sp³-hybridized carbons (Fsp3) is 0. The molecule has 2 rings (SSSR count). The van der Waals surface area contributed by atoms with Crippen LogP contribution in [0.5, 0.6) is 0 Å². The standard InChI is InChI=1S/C10H7N4/c1-14-7-10(12-13-14)9-4-2-3-8(5-9)6-11/h2-5,7H,1H2/q+1. The molecule has 1 aromatic rings. The topological polar surface area (TPSA) is 51.5 Å². The second-order valence-corrected chi connectivity index (χ2v) is 2.84. The van der Waals surface area contributed by atoms with Crippen molar-refractivity contribution in [1.29, 1.82) is 5.26 Å². The van der Waals surface area contributed by atoms with E-state index < -0.39 is 0 Å². The Labute approximate surface area is 81.1 Å². The summed E-state index contributed by atoms with van der Waals surface area (Å²) in [5, 5.41) is 16.3. The molecule has 0 fully saturated rings. The van der Waals surface area contributed by atoms with Gasteiger partial charge in [0.05, 0.1) is 23.5 Å². The van der Waals surface area contributed by atoms with Gasteiger partial charge in [0.15, 0.2) is 6.20 Å². The van der Waals surface area contributed by atoms with Gasteiger partial charge >= 0.3 is 0 Å². The van der Waals surface area contributed by atoms with Gasteiger partial charge in [0.2, 0.25) is 0 Å². The fourth-order valence-electron chi connectivity index (χ4n) is 1.18. The van der Waals surface area contributed by atoms with Crippen LogP contribution in [-0.4, -0.2) is 11.4 Å². The lowest BCUT2D eigenvalue weighted by molar-refractivity contribution is -0.454. The predicted octanol–water partition coefficient (Wildman–Crippen LogP) is 1.95. The molecule has 1 aromatic carbocycles. The zero-order valence-electron chi connectivity index (χ0n) is 7.38. The van der Waals surface area contributed by atoms with E-state index in [0.717, 1.165) is 11.3 Å². The summed E-state index contributed by atoms with van der Waals surface area (Å²) < 4.78 is 1.38. The molecule has 1 heterocycles. The highest BCUT2D eigenvalue weighted by atomic mass is 15.5. The molecule has 0 aromatic heterocycles. The van der Waals surface area contributed by atoms with Crippen LogP contribution >= 0.6 is 0 Å². The molecule has 0 amide bonds. The molecule has 0 saturated carbocycles. The maximum atomic E-state index is 8.71. The minimum atomic E-state index is 0.612. The van der Waals surface area contributed by atoms with Crippen LogP contribution in [0.15, 0.2) is 40.8 Å². The van der Waals surface area contributed by atoms with E-state index >= 15 is 0 Å². The summed E-state index contributed by atoms with van der Waals surface area (Å²) in [6.45, 7) is 3.59. The van der Waals surface area contributed by atoms with Gasteiger partial charge < -0.3 is 0 Å². The van der Waals surface area contributed by atoms with Crippen molar-refractivity contribution in [3.8, 4) is 6.07 Å². The zero-order valence-corrected chi connectivity index (χ0v) is 7.38. The van der Waals surface area contributed by atoms with Gasteiger partial charge in [-0.25, -0.2) is 0 Å². The zero-order chi connectivity index (χ0) is 9.97. The molecule has 0 atom stereocenters. The van der Waals surface area contributed by atoms with Crippen molar-refractivity contribution >= 4 is 12.4 Å². The number of nitriles is 1. The summed E-state index contributed by atoms with van der Waals surface area (Å²) in [4.78, 5) is 0. The first kappa shape index (κ1) is 8.32. The second-order valence-electron chi connectivity index (χ2n) is 2.84. The number of hydrogen-bond acceptors (Lipinski definition) is 3. The van der Waals surface area contributed by atoms with E-state index in [0.29, 0.717) is 5.56 Å². The van der Waals surface area contributed by atoms with Gasteiger partial charge in [-0.2, -0.15) is 5.26 Å². The molecule has 1 aliphatic rings. The third-order valence-electron chi connectivity index (χ3n) is 1.83. The molecular weight excluding hydrogens is 176 g/mol. The van der Waals surface area contributed by atoms with E-state index in [1.165, 1.54) is 4.68 Å². The van der Waals surface area contributed by atoms with Crippen LogP contribution in [0.1, 0.15) is 11.1 Å². The van der Waals surface area contributed by atoms with Crippen molar-refractivity contribution < 1.29 is 4.68 Å². The Morgan fingerprint density at radius 3 is 2.93 bits per heavy atom. The molecular formula is C10H7N4+. The molecule has 4 heteroatoms. The van der Waals surface area contributed by atoms with Gasteiger partial charge in [0.25, 0.3) is 5.70 Å². The van der Waals surface area contributed by atoms with E-state index in [1.54, 1.807) is 18.3 Å². The van der Waals surface area contributed by atoms with Gasteiger partial charge in [-0.3, -0.25) is 0 Å². The molecule has 66 valence electrons. The van der Waals surface area contributed by atoms with Gasteiger partial charge in [-0.15, -0.1) is 4.68 Å². The molecule has 0 saturated heterocycles. The van der Waals surface area contributed by atoms with E-state index in [1.807, 2.05) is 12.1 Å². The number of hydrogen-bond donors (Lipinski definition) is 0. The quantitative estimate of drug-likeness (QED) is 0.614. The van der Waals surface area contributed by atoms with Crippen molar-refractivity contribution in [2.45, 2.75) is 0 Å². The van der Waals surface area contributed by atoms with Crippen molar-refractivity contribution in [3.63, 3.8) is 0 Å². The van der Waals surface area contributed by atoms with Gasteiger partial charge in [0, 0.05) is 5.56 Å². The molecule has 0 N–H and O–H groups in total. The van der Waals surface area contributed by atoms with E-state index in [9.17, 15) is 0 Å². The highest BCUT2D eigenvalue weighted by Crippen LogP contribution is 2.20. The maximum absolute atomic E-state index is 8.71. The molecule has 0 radical (unpaired) electrons. The largest absolute Gasteiger partial charge is 0.251 e. The average Bonchev–Trinajstić information content (AvgIpc) is 2.65. The molecule has 0 bridgehead atoms. The average molecular weight is 183 g/mol. The van der Waals surface area contributed by atoms with Crippen molar-refractivity contribution in [2.75, 3.05) is 0 Å². The molecule has 1 aliphatic heterocycles. The van der Waals surface area contributed by atoms with E-state index in [4.69, 9.17) is 5.26 Å². The Morgan fingerprint density at radius 2 is 2.29 bits per heavy atom. The third kappa shape index (κ3) is 1.43. The Bertz CT molecular complexity index is 491. The normalized spacial score (nSPS) is 13.9. The summed E-state index contributed by atoms with van der Waals surface area (Å²) in [6.07, 6.45) is 1.70. The van der Waals surface area contributed by atoms with Gasteiger partial charge in [-0.1, -0.05) is 12.1 Å². The molecule has 4 nitrogen and oxygen atoms in total. The lowest BCUT2D eigenvalue weighted by Gasteiger charge is -1.91. The number of nitrogens with zero attached hydrogens (tertiary/aromatic N) is 4. The fourth-order valence-corrected chi connectivity index (χ4v) is 1.18. The van der Waals surface area contributed by atoms with Crippen molar-refractivity contribution in [2.24, 2.45) is 10.3 Å². The first-order chi connectivity index (χ1) is 6.79. The Kier molecular flexibility index (Phi) is 1.92. The Morgan fingerprint density at radius 1 is 1.43 bits per heavy atom. The van der Waals surface area contributed by atoms with Crippen LogP contribution in [-0.2, 0) is 0 Å². The number of rotatable bonds is 1. The minimum Gasteiger partial charge on any atom is -0.192 e. The Hall–Kier alpha value is -2.28. The van der Waals surface area contributed by atoms with E-state index in [-0.39, 0.29) is 0 Å². The maximum Gasteiger partial charge on any atom is 0.251 e. The lowest BCUT2D eigenvalue weighted by atomic mass is 10.1. The van der Waals surface area contributed by atoms with Crippen LogP contribution in [0.3, 0.4) is 0 Å². The molecule has 14 heavy (non-hydrogen) atoms. The third-order valence-corrected chi connectivity index (χ3v) is 1.83. The number of benzene rings is 1. The summed E-state index contributed by atoms with van der Waals surface area (Å²) >= 11 is 0. The molecule has 0 spiro atoms. The van der Waals surface area contributed by atoms with Gasteiger partial charge in [-0.05, 0) is 12.1 Å². The van der Waals surface area contributed by atoms with Crippen LogP contribution in [0.25, 0.3) is 5.70 Å². The Balaban J connectivity index is 2.44. The smallest absolute Gasteiger partial charge is 0.192 e. The molecule has 0 aliphatic carbocycles. The molecule has 0 unspecified atom stereocenters. The van der Waals surface area contributed by atoms with Gasteiger partial charge in [0.1, 0.15) is 5.22 Å². The SMILES string of the molecule is C=[N+]1C=C(c2cccc(C#N)c2)N=N1. The second kappa shape index (κ2) is 3.23. The van der Waals surface area contributed by atoms with E-state index in [2.05, 4.69) is 23.1 Å². The minimum absolute atomic E-state index is 0.612. The summed E-state index contributed by atoms with van der Waals surface area (Å²) in [7, 11) is 0. The monoisotopic (exact) mass is 183 g/mol. The summed E-state index contributed by atoms with van der Waals surface area (Å²) in [5.74, 6) is 0. The first-order valence-corrected chi connectivity index (χ1v) is 4.03.